The first-order valence-electron chi connectivity index (χ1n) is 17.6. The summed E-state index contributed by atoms with van der Waals surface area (Å²) in [7, 11) is -3.52. The summed E-state index contributed by atoms with van der Waals surface area (Å²) < 4.78 is 53.9. The second-order valence-corrected chi connectivity index (χ2v) is 17.3. The molecule has 3 N–H and O–H groups in total. The number of hydrogen-bond acceptors (Lipinski definition) is 8. The van der Waals surface area contributed by atoms with Gasteiger partial charge in [0.1, 0.15) is 29.6 Å². The van der Waals surface area contributed by atoms with E-state index in [0.717, 1.165) is 19.3 Å². The van der Waals surface area contributed by atoms with E-state index >= 15 is 0 Å². The van der Waals surface area contributed by atoms with Gasteiger partial charge in [-0.1, -0.05) is 37.1 Å². The topological polar surface area (TPSA) is 163 Å². The highest BCUT2D eigenvalue weighted by Gasteiger charge is 2.56. The monoisotopic (exact) mass is 717 g/mol. The lowest BCUT2D eigenvalue weighted by Crippen LogP contribution is -2.57. The fourth-order valence-electron chi connectivity index (χ4n) is 7.09. The average molecular weight is 718 g/mol. The van der Waals surface area contributed by atoms with Crippen molar-refractivity contribution < 1.29 is 41.5 Å². The maximum atomic E-state index is 14.4. The molecule has 3 aliphatic heterocycles. The number of amides is 4. The maximum absolute atomic E-state index is 14.4. The van der Waals surface area contributed by atoms with Crippen molar-refractivity contribution in [2.45, 2.75) is 126 Å². The van der Waals surface area contributed by atoms with Crippen LogP contribution in [0.25, 0.3) is 0 Å². The highest BCUT2D eigenvalue weighted by atomic mass is 32.2. The molecule has 13 nitrogen and oxygen atoms in total. The summed E-state index contributed by atoms with van der Waals surface area (Å²) in [6.07, 6.45) is 6.84. The lowest BCUT2D eigenvalue weighted by Gasteiger charge is -2.30. The molecule has 5 aliphatic rings. The number of sulfonamides is 1. The molecule has 3 fully saturated rings. The van der Waals surface area contributed by atoms with E-state index in [0.29, 0.717) is 43.2 Å². The van der Waals surface area contributed by atoms with Gasteiger partial charge < -0.3 is 25.0 Å². The minimum absolute atomic E-state index is 0.0119. The summed E-state index contributed by atoms with van der Waals surface area (Å²) in [5.41, 5.74) is -0.575. The van der Waals surface area contributed by atoms with Crippen molar-refractivity contribution in [1.29, 1.82) is 0 Å². The fraction of sp³-hybridized carbons (Fsp3) is 0.657. The molecule has 274 valence electrons. The van der Waals surface area contributed by atoms with Crippen LogP contribution in [0.4, 0.5) is 14.0 Å². The van der Waals surface area contributed by atoms with Gasteiger partial charge in [-0.2, -0.15) is 0 Å². The predicted octanol–water partition coefficient (Wildman–Crippen LogP) is 3.62. The molecule has 6 rings (SSSR count). The number of hydrogen-bond donors (Lipinski definition) is 3. The van der Waals surface area contributed by atoms with Crippen LogP contribution < -0.4 is 15.4 Å². The van der Waals surface area contributed by atoms with Gasteiger partial charge in [0, 0.05) is 31.0 Å². The SMILES string of the molecule is CC(C)(C)OC(=O)N[C@H]1CCCCC/C=C\[C@@H]2C[C@@]2(CNS(=O)(=O)C2CC2)NC(=O)C2C[C@@H](OC(=O)N3Cc4cccc(F)c4C3)CN2C1=O. The minimum Gasteiger partial charge on any atom is -0.444 e. The maximum Gasteiger partial charge on any atom is 0.410 e. The second-order valence-electron chi connectivity index (χ2n) is 15.3. The number of carbonyl (C=O) groups excluding carboxylic acids is 4. The first kappa shape index (κ1) is 36.1. The smallest absolute Gasteiger partial charge is 0.410 e. The summed E-state index contributed by atoms with van der Waals surface area (Å²) in [6.45, 7) is 5.28. The van der Waals surface area contributed by atoms with Crippen molar-refractivity contribution >= 4 is 34.0 Å². The Bertz CT molecular complexity index is 1640. The number of nitrogens with zero attached hydrogens (tertiary/aromatic N) is 2. The third kappa shape index (κ3) is 8.42. The Hall–Kier alpha value is -3.72. The van der Waals surface area contributed by atoms with Gasteiger partial charge >= 0.3 is 12.2 Å². The van der Waals surface area contributed by atoms with E-state index in [-0.39, 0.29) is 38.5 Å². The number of fused-ring (bicyclic) bond motifs is 3. The Morgan fingerprint density at radius 1 is 1.10 bits per heavy atom. The zero-order valence-electron chi connectivity index (χ0n) is 28.9. The number of ether oxygens (including phenoxy) is 2. The molecule has 0 aromatic heterocycles. The van der Waals surface area contributed by atoms with E-state index in [2.05, 4.69) is 21.4 Å². The molecule has 3 heterocycles. The number of halogens is 1. The molecule has 0 radical (unpaired) electrons. The molecule has 0 bridgehead atoms. The zero-order valence-corrected chi connectivity index (χ0v) is 29.7. The van der Waals surface area contributed by atoms with Crippen molar-refractivity contribution in [2.75, 3.05) is 13.1 Å². The standard InChI is InChI=1S/C35H48FN5O8S/c1-34(2,3)49-32(44)38-28-13-8-6-4-5-7-11-23-17-35(23,21-37-50(46,47)25-14-15-25)39-30(42)29-16-24(19-41(29)31(28)43)48-33(45)40-18-22-10-9-12-27(36)26(22)20-40/h7,9-12,23-25,28-29,37H,4-6,8,13-21H2,1-3H3,(H,38,44)(H,39,42)/b11-7-/t23-,24-,28+,29?,35+/m1/s1. The number of nitrogens with one attached hydrogen (secondary N) is 3. The highest BCUT2D eigenvalue weighted by Crippen LogP contribution is 2.45. The molecule has 1 saturated heterocycles. The van der Waals surface area contributed by atoms with Crippen LogP contribution >= 0.6 is 0 Å². The molecule has 4 amide bonds. The predicted molar refractivity (Wildman–Crippen MR) is 180 cm³/mol. The van der Waals surface area contributed by atoms with E-state index in [1.54, 1.807) is 32.9 Å². The van der Waals surface area contributed by atoms with Crippen LogP contribution in [0.3, 0.4) is 0 Å². The molecule has 5 atom stereocenters. The minimum atomic E-state index is -3.52. The van der Waals surface area contributed by atoms with Gasteiger partial charge in [0.05, 0.1) is 23.9 Å². The van der Waals surface area contributed by atoms with E-state index in [4.69, 9.17) is 9.47 Å². The largest absolute Gasteiger partial charge is 0.444 e. The molecule has 1 unspecified atom stereocenters. The van der Waals surface area contributed by atoms with Crippen LogP contribution in [-0.4, -0.2) is 89.9 Å². The summed E-state index contributed by atoms with van der Waals surface area (Å²) >= 11 is 0. The van der Waals surface area contributed by atoms with Crippen LogP contribution in [0.15, 0.2) is 30.4 Å². The van der Waals surface area contributed by atoms with E-state index in [9.17, 15) is 32.0 Å². The van der Waals surface area contributed by atoms with Gasteiger partial charge in [-0.25, -0.2) is 27.1 Å². The third-order valence-electron chi connectivity index (χ3n) is 10.1. The molecule has 1 aromatic rings. The normalized spacial score (nSPS) is 29.4. The lowest BCUT2D eigenvalue weighted by atomic mass is 10.0. The van der Waals surface area contributed by atoms with Gasteiger partial charge in [0.2, 0.25) is 21.8 Å². The van der Waals surface area contributed by atoms with Gasteiger partial charge in [-0.15, -0.1) is 0 Å². The number of carbonyl (C=O) groups is 4. The summed E-state index contributed by atoms with van der Waals surface area (Å²) in [5, 5.41) is 5.37. The van der Waals surface area contributed by atoms with E-state index < -0.39 is 74.4 Å². The van der Waals surface area contributed by atoms with Crippen molar-refractivity contribution in [2.24, 2.45) is 5.92 Å². The lowest BCUT2D eigenvalue weighted by molar-refractivity contribution is -0.140. The summed E-state index contributed by atoms with van der Waals surface area (Å²) in [6, 6.07) is 2.61. The number of benzene rings is 1. The Labute approximate surface area is 292 Å². The molecule has 15 heteroatoms. The zero-order chi connectivity index (χ0) is 35.8. The highest BCUT2D eigenvalue weighted by molar-refractivity contribution is 7.90. The second kappa shape index (κ2) is 14.1. The number of rotatable bonds is 6. The van der Waals surface area contributed by atoms with Gasteiger partial charge in [-0.05, 0) is 70.9 Å². The fourth-order valence-corrected chi connectivity index (χ4v) is 8.54. The Morgan fingerprint density at radius 2 is 1.88 bits per heavy atom. The molecule has 0 spiro atoms. The van der Waals surface area contributed by atoms with Crippen LogP contribution in [0.5, 0.6) is 0 Å². The first-order valence-corrected chi connectivity index (χ1v) is 19.2. The van der Waals surface area contributed by atoms with Crippen molar-refractivity contribution in [3.63, 3.8) is 0 Å². The van der Waals surface area contributed by atoms with Crippen LogP contribution in [0.2, 0.25) is 0 Å². The quantitative estimate of drug-likeness (QED) is 0.376. The Kier molecular flexibility index (Phi) is 10.2. The molecule has 1 aromatic carbocycles. The van der Waals surface area contributed by atoms with E-state index in [1.165, 1.54) is 15.9 Å². The van der Waals surface area contributed by atoms with Crippen molar-refractivity contribution in [3.8, 4) is 0 Å². The summed E-state index contributed by atoms with van der Waals surface area (Å²) in [4.78, 5) is 57.4. The van der Waals surface area contributed by atoms with Crippen LogP contribution in [0.1, 0.15) is 89.7 Å². The average Bonchev–Trinajstić information content (AvgIpc) is 3.91. The van der Waals surface area contributed by atoms with Crippen molar-refractivity contribution in [1.82, 2.24) is 25.2 Å². The molecule has 2 saturated carbocycles. The Balaban J connectivity index is 1.23. The molecular weight excluding hydrogens is 669 g/mol. The van der Waals surface area contributed by atoms with Gasteiger partial charge in [0.25, 0.3) is 0 Å². The van der Waals surface area contributed by atoms with E-state index in [1.807, 2.05) is 6.08 Å². The Morgan fingerprint density at radius 3 is 2.60 bits per heavy atom. The summed E-state index contributed by atoms with van der Waals surface area (Å²) in [5.74, 6) is -1.51. The van der Waals surface area contributed by atoms with Crippen molar-refractivity contribution in [3.05, 3.63) is 47.3 Å². The molecule has 50 heavy (non-hydrogen) atoms. The van der Waals surface area contributed by atoms with Gasteiger partial charge in [0.15, 0.2) is 0 Å². The van der Waals surface area contributed by atoms with Crippen LogP contribution in [-0.2, 0) is 42.2 Å². The van der Waals surface area contributed by atoms with Gasteiger partial charge in [-0.3, -0.25) is 14.5 Å². The number of allylic oxidation sites excluding steroid dienone is 1. The third-order valence-corrected chi connectivity index (χ3v) is 12.0. The molecular formula is C35H48FN5O8S. The number of alkyl carbamates (subject to hydrolysis) is 1. The van der Waals surface area contributed by atoms with Crippen LogP contribution in [0, 0.1) is 11.7 Å². The first-order chi connectivity index (χ1) is 23.6. The molecule has 2 aliphatic carbocycles.